The second-order valence-corrected chi connectivity index (χ2v) is 6.04. The first-order valence-corrected chi connectivity index (χ1v) is 7.62. The van der Waals surface area contributed by atoms with Crippen LogP contribution in [-0.4, -0.2) is 27.0 Å². The SMILES string of the molecule is Cc1nn(-c2ccccc2)c(C)c1CNC1(CO)CCC1. The third-order valence-corrected chi connectivity index (χ3v) is 4.70. The summed E-state index contributed by atoms with van der Waals surface area (Å²) in [6.45, 7) is 5.15. The van der Waals surface area contributed by atoms with Gasteiger partial charge in [-0.25, -0.2) is 4.68 Å². The first-order chi connectivity index (χ1) is 10.2. The summed E-state index contributed by atoms with van der Waals surface area (Å²) in [5, 5.41) is 17.8. The van der Waals surface area contributed by atoms with E-state index in [-0.39, 0.29) is 12.1 Å². The highest BCUT2D eigenvalue weighted by Crippen LogP contribution is 2.32. The fraction of sp³-hybridized carbons (Fsp3) is 0.471. The van der Waals surface area contributed by atoms with Crippen molar-refractivity contribution in [3.8, 4) is 5.69 Å². The van der Waals surface area contributed by atoms with Gasteiger partial charge in [0.15, 0.2) is 0 Å². The summed E-state index contributed by atoms with van der Waals surface area (Å²) >= 11 is 0. The van der Waals surface area contributed by atoms with Crippen molar-refractivity contribution < 1.29 is 5.11 Å². The van der Waals surface area contributed by atoms with E-state index in [1.807, 2.05) is 22.9 Å². The van der Waals surface area contributed by atoms with E-state index >= 15 is 0 Å². The van der Waals surface area contributed by atoms with Crippen LogP contribution in [0.1, 0.15) is 36.2 Å². The number of para-hydroxylation sites is 1. The van der Waals surface area contributed by atoms with Gasteiger partial charge in [0.2, 0.25) is 0 Å². The molecule has 112 valence electrons. The Morgan fingerprint density at radius 2 is 1.95 bits per heavy atom. The highest BCUT2D eigenvalue weighted by Gasteiger charge is 2.35. The summed E-state index contributed by atoms with van der Waals surface area (Å²) in [6.07, 6.45) is 3.33. The molecule has 0 spiro atoms. The molecule has 1 fully saturated rings. The summed E-state index contributed by atoms with van der Waals surface area (Å²) in [6, 6.07) is 10.2. The van der Waals surface area contributed by atoms with Gasteiger partial charge in [-0.1, -0.05) is 18.2 Å². The monoisotopic (exact) mass is 285 g/mol. The normalized spacial score (nSPS) is 16.7. The predicted molar refractivity (Wildman–Crippen MR) is 83.5 cm³/mol. The molecule has 1 aliphatic rings. The predicted octanol–water partition coefficient (Wildman–Crippen LogP) is 2.49. The van der Waals surface area contributed by atoms with E-state index in [0.29, 0.717) is 0 Å². The van der Waals surface area contributed by atoms with Gasteiger partial charge in [0, 0.05) is 23.3 Å². The Bertz CT molecular complexity index is 609. The van der Waals surface area contributed by atoms with Crippen molar-refractivity contribution >= 4 is 0 Å². The van der Waals surface area contributed by atoms with Crippen molar-refractivity contribution in [2.45, 2.75) is 45.2 Å². The van der Waals surface area contributed by atoms with Gasteiger partial charge in [-0.2, -0.15) is 5.10 Å². The number of hydrogen-bond acceptors (Lipinski definition) is 3. The van der Waals surface area contributed by atoms with E-state index in [1.165, 1.54) is 17.7 Å². The molecule has 1 aromatic carbocycles. The average molecular weight is 285 g/mol. The Morgan fingerprint density at radius 1 is 1.24 bits per heavy atom. The van der Waals surface area contributed by atoms with Gasteiger partial charge >= 0.3 is 0 Å². The van der Waals surface area contributed by atoms with Crippen LogP contribution in [0.3, 0.4) is 0 Å². The molecule has 0 radical (unpaired) electrons. The molecule has 1 heterocycles. The number of nitrogens with zero attached hydrogens (tertiary/aromatic N) is 2. The second-order valence-electron chi connectivity index (χ2n) is 6.04. The minimum atomic E-state index is -0.0618. The molecule has 21 heavy (non-hydrogen) atoms. The highest BCUT2D eigenvalue weighted by atomic mass is 16.3. The molecule has 0 saturated heterocycles. The molecule has 0 amide bonds. The molecule has 0 unspecified atom stereocenters. The van der Waals surface area contributed by atoms with Crippen molar-refractivity contribution in [1.29, 1.82) is 0 Å². The largest absolute Gasteiger partial charge is 0.394 e. The van der Waals surface area contributed by atoms with Gasteiger partial charge in [0.05, 0.1) is 18.0 Å². The Labute approximate surface area is 125 Å². The number of hydrogen-bond donors (Lipinski definition) is 2. The zero-order valence-electron chi connectivity index (χ0n) is 12.8. The fourth-order valence-corrected chi connectivity index (χ4v) is 3.02. The first-order valence-electron chi connectivity index (χ1n) is 7.62. The lowest BCUT2D eigenvalue weighted by Gasteiger charge is -2.41. The summed E-state index contributed by atoms with van der Waals surface area (Å²) in [5.41, 5.74) is 4.48. The van der Waals surface area contributed by atoms with Crippen LogP contribution < -0.4 is 5.32 Å². The first kappa shape index (κ1) is 14.3. The van der Waals surface area contributed by atoms with Crippen LogP contribution in [0.25, 0.3) is 5.69 Å². The topological polar surface area (TPSA) is 50.1 Å². The van der Waals surface area contributed by atoms with Gasteiger partial charge in [-0.3, -0.25) is 0 Å². The van der Waals surface area contributed by atoms with Gasteiger partial charge in [0.1, 0.15) is 0 Å². The molecular weight excluding hydrogens is 262 g/mol. The van der Waals surface area contributed by atoms with Crippen LogP contribution >= 0.6 is 0 Å². The van der Waals surface area contributed by atoms with Gasteiger partial charge in [-0.05, 0) is 45.2 Å². The lowest BCUT2D eigenvalue weighted by Crippen LogP contribution is -2.53. The summed E-state index contributed by atoms with van der Waals surface area (Å²) < 4.78 is 2.00. The molecule has 1 aromatic heterocycles. The van der Waals surface area contributed by atoms with Crippen LogP contribution in [0.4, 0.5) is 0 Å². The zero-order chi connectivity index (χ0) is 14.9. The van der Waals surface area contributed by atoms with Crippen molar-refractivity contribution in [2.75, 3.05) is 6.61 Å². The van der Waals surface area contributed by atoms with Crippen LogP contribution in [0.15, 0.2) is 30.3 Å². The summed E-state index contributed by atoms with van der Waals surface area (Å²) in [7, 11) is 0. The lowest BCUT2D eigenvalue weighted by molar-refractivity contribution is 0.0871. The quantitative estimate of drug-likeness (QED) is 0.887. The molecule has 1 aliphatic carbocycles. The number of aromatic nitrogens is 2. The van der Waals surface area contributed by atoms with Crippen molar-refractivity contribution in [3.63, 3.8) is 0 Å². The highest BCUT2D eigenvalue weighted by molar-refractivity contribution is 5.36. The number of aliphatic hydroxyl groups is 1. The maximum Gasteiger partial charge on any atom is 0.0648 e. The average Bonchev–Trinajstić information content (AvgIpc) is 2.75. The number of aliphatic hydroxyl groups excluding tert-OH is 1. The maximum atomic E-state index is 9.55. The van der Waals surface area contributed by atoms with Crippen LogP contribution in [0.2, 0.25) is 0 Å². The van der Waals surface area contributed by atoms with E-state index in [9.17, 15) is 5.11 Å². The Hall–Kier alpha value is -1.65. The summed E-state index contributed by atoms with van der Waals surface area (Å²) in [4.78, 5) is 0. The second kappa shape index (κ2) is 5.62. The molecule has 3 rings (SSSR count). The number of rotatable bonds is 5. The molecule has 0 aliphatic heterocycles. The molecule has 0 atom stereocenters. The van der Waals surface area contributed by atoms with E-state index in [4.69, 9.17) is 0 Å². The zero-order valence-corrected chi connectivity index (χ0v) is 12.8. The third kappa shape index (κ3) is 2.61. The minimum Gasteiger partial charge on any atom is -0.394 e. The van der Waals surface area contributed by atoms with Crippen LogP contribution in [0.5, 0.6) is 0 Å². The Morgan fingerprint density at radius 3 is 2.52 bits per heavy atom. The minimum absolute atomic E-state index is 0.0618. The van der Waals surface area contributed by atoms with Crippen LogP contribution in [0, 0.1) is 13.8 Å². The lowest BCUT2D eigenvalue weighted by atomic mass is 9.77. The smallest absolute Gasteiger partial charge is 0.0648 e. The van der Waals surface area contributed by atoms with Crippen molar-refractivity contribution in [3.05, 3.63) is 47.3 Å². The molecule has 2 N–H and O–H groups in total. The van der Waals surface area contributed by atoms with E-state index < -0.39 is 0 Å². The molecular formula is C17H23N3O. The van der Waals surface area contributed by atoms with Crippen molar-refractivity contribution in [1.82, 2.24) is 15.1 Å². The number of aryl methyl sites for hydroxylation is 1. The molecule has 4 nitrogen and oxygen atoms in total. The fourth-order valence-electron chi connectivity index (χ4n) is 3.02. The number of benzene rings is 1. The molecule has 2 aromatic rings. The van der Waals surface area contributed by atoms with Crippen LogP contribution in [-0.2, 0) is 6.54 Å². The number of nitrogens with one attached hydrogen (secondary N) is 1. The van der Waals surface area contributed by atoms with Gasteiger partial charge in [-0.15, -0.1) is 0 Å². The molecule has 0 bridgehead atoms. The van der Waals surface area contributed by atoms with E-state index in [0.717, 1.165) is 30.8 Å². The Kier molecular flexibility index (Phi) is 3.83. The van der Waals surface area contributed by atoms with Crippen molar-refractivity contribution in [2.24, 2.45) is 0 Å². The molecule has 1 saturated carbocycles. The standard InChI is InChI=1S/C17H23N3O/c1-13-16(11-18-17(12-21)9-6-10-17)14(2)20(19-13)15-7-4-3-5-8-15/h3-5,7-8,18,21H,6,9-12H2,1-2H3. The van der Waals surface area contributed by atoms with Gasteiger partial charge in [0.25, 0.3) is 0 Å². The maximum absolute atomic E-state index is 9.55. The third-order valence-electron chi connectivity index (χ3n) is 4.70. The molecule has 4 heteroatoms. The van der Waals surface area contributed by atoms with Gasteiger partial charge < -0.3 is 10.4 Å². The van der Waals surface area contributed by atoms with E-state index in [1.54, 1.807) is 0 Å². The van der Waals surface area contributed by atoms with E-state index in [2.05, 4.69) is 36.4 Å². The Balaban J connectivity index is 1.82. The summed E-state index contributed by atoms with van der Waals surface area (Å²) in [5.74, 6) is 0.